The van der Waals surface area contributed by atoms with E-state index in [-0.39, 0.29) is 30.3 Å². The molecule has 1 fully saturated rings. The lowest BCUT2D eigenvalue weighted by molar-refractivity contribution is -0.130. The molecule has 3 N–H and O–H groups in total. The number of nitrogens with two attached hydrogens (primary N) is 1. The van der Waals surface area contributed by atoms with Gasteiger partial charge in [-0.25, -0.2) is 0 Å². The molecule has 2 rings (SSSR count). The normalized spacial score (nSPS) is 18.5. The monoisotopic (exact) mass is 325 g/mol. The second-order valence-corrected chi connectivity index (χ2v) is 5.61. The number of nitrogens with one attached hydrogen (secondary N) is 1. The molecule has 1 aliphatic rings. The van der Waals surface area contributed by atoms with Gasteiger partial charge in [0.1, 0.15) is 0 Å². The number of carbonyl (C=O) groups is 2. The summed E-state index contributed by atoms with van der Waals surface area (Å²) in [6.07, 6.45) is 2.07. The van der Waals surface area contributed by atoms with Crippen LogP contribution in [0.2, 0.25) is 0 Å². The molecule has 1 aromatic rings. The van der Waals surface area contributed by atoms with Crippen molar-refractivity contribution in [3.8, 4) is 0 Å². The highest BCUT2D eigenvalue weighted by molar-refractivity contribution is 5.85. The predicted molar refractivity (Wildman–Crippen MR) is 88.8 cm³/mol. The van der Waals surface area contributed by atoms with Gasteiger partial charge in [0, 0.05) is 25.6 Å². The minimum atomic E-state index is -0.507. The highest BCUT2D eigenvalue weighted by Crippen LogP contribution is 2.12. The number of halogens is 1. The number of hydrogen-bond donors (Lipinski definition) is 2. The van der Waals surface area contributed by atoms with E-state index in [1.54, 1.807) is 6.92 Å². The molecule has 1 heterocycles. The lowest BCUT2D eigenvalue weighted by Crippen LogP contribution is -2.45. The molecule has 0 bridgehead atoms. The standard InChI is InChI=1S/C16H23N3O2.ClH/c1-12(17)16(21)18-14-9-10-19(11-14)15(20)8-7-13-5-3-2-4-6-13;/h2-6,12,14H,7-11,17H2,1H3,(H,18,21);1H/t12-,14?;/m1./s1. The van der Waals surface area contributed by atoms with Gasteiger partial charge < -0.3 is 16.0 Å². The van der Waals surface area contributed by atoms with E-state index in [0.29, 0.717) is 19.5 Å². The van der Waals surface area contributed by atoms with Gasteiger partial charge in [-0.2, -0.15) is 0 Å². The molecule has 1 aromatic carbocycles. The van der Waals surface area contributed by atoms with Crippen LogP contribution in [-0.4, -0.2) is 41.9 Å². The zero-order valence-corrected chi connectivity index (χ0v) is 13.6. The van der Waals surface area contributed by atoms with E-state index >= 15 is 0 Å². The van der Waals surface area contributed by atoms with Gasteiger partial charge in [0.25, 0.3) is 0 Å². The highest BCUT2D eigenvalue weighted by Gasteiger charge is 2.27. The second-order valence-electron chi connectivity index (χ2n) is 5.61. The summed E-state index contributed by atoms with van der Waals surface area (Å²) in [4.78, 5) is 25.5. The fraction of sp³-hybridized carbons (Fsp3) is 0.500. The van der Waals surface area contributed by atoms with Crippen molar-refractivity contribution in [3.63, 3.8) is 0 Å². The van der Waals surface area contributed by atoms with Crippen LogP contribution >= 0.6 is 12.4 Å². The average Bonchev–Trinajstić information content (AvgIpc) is 2.94. The van der Waals surface area contributed by atoms with Crippen molar-refractivity contribution in [2.45, 2.75) is 38.3 Å². The van der Waals surface area contributed by atoms with E-state index < -0.39 is 6.04 Å². The zero-order chi connectivity index (χ0) is 15.2. The van der Waals surface area contributed by atoms with E-state index in [4.69, 9.17) is 5.73 Å². The van der Waals surface area contributed by atoms with Crippen LogP contribution in [0.5, 0.6) is 0 Å². The largest absolute Gasteiger partial charge is 0.350 e. The number of rotatable bonds is 5. The lowest BCUT2D eigenvalue weighted by Gasteiger charge is -2.18. The van der Waals surface area contributed by atoms with Crippen molar-refractivity contribution in [1.82, 2.24) is 10.2 Å². The number of hydrogen-bond acceptors (Lipinski definition) is 3. The topological polar surface area (TPSA) is 75.4 Å². The maximum absolute atomic E-state index is 12.2. The molecule has 5 nitrogen and oxygen atoms in total. The predicted octanol–water partition coefficient (Wildman–Crippen LogP) is 1.11. The quantitative estimate of drug-likeness (QED) is 0.851. The molecule has 22 heavy (non-hydrogen) atoms. The Kier molecular flexibility index (Phi) is 7.35. The Bertz CT molecular complexity index is 493. The minimum absolute atomic E-state index is 0. The number of carbonyl (C=O) groups excluding carboxylic acids is 2. The van der Waals surface area contributed by atoms with E-state index in [1.165, 1.54) is 5.56 Å². The molecule has 0 spiro atoms. The number of aryl methyl sites for hydroxylation is 1. The molecule has 0 radical (unpaired) electrons. The Morgan fingerprint density at radius 3 is 2.68 bits per heavy atom. The minimum Gasteiger partial charge on any atom is -0.350 e. The van der Waals surface area contributed by atoms with Crippen molar-refractivity contribution in [3.05, 3.63) is 35.9 Å². The first-order valence-electron chi connectivity index (χ1n) is 7.44. The van der Waals surface area contributed by atoms with Crippen LogP contribution in [0.15, 0.2) is 30.3 Å². The van der Waals surface area contributed by atoms with Crippen LogP contribution in [0.25, 0.3) is 0 Å². The molecule has 122 valence electrons. The summed E-state index contributed by atoms with van der Waals surface area (Å²) in [6.45, 7) is 2.96. The first-order chi connectivity index (χ1) is 10.1. The molecule has 0 saturated carbocycles. The SMILES string of the molecule is C[C@@H](N)C(=O)NC1CCN(C(=O)CCc2ccccc2)C1.Cl. The Morgan fingerprint density at radius 2 is 2.05 bits per heavy atom. The molecule has 1 aliphatic heterocycles. The Balaban J connectivity index is 0.00000242. The van der Waals surface area contributed by atoms with E-state index in [9.17, 15) is 9.59 Å². The van der Waals surface area contributed by atoms with Crippen molar-refractivity contribution in [1.29, 1.82) is 0 Å². The number of amides is 2. The average molecular weight is 326 g/mol. The number of benzene rings is 1. The summed E-state index contributed by atoms with van der Waals surface area (Å²) in [5.41, 5.74) is 6.70. The Morgan fingerprint density at radius 1 is 1.36 bits per heavy atom. The third-order valence-corrected chi connectivity index (χ3v) is 3.77. The van der Waals surface area contributed by atoms with Gasteiger partial charge in [-0.15, -0.1) is 12.4 Å². The van der Waals surface area contributed by atoms with Gasteiger partial charge in [-0.1, -0.05) is 30.3 Å². The summed E-state index contributed by atoms with van der Waals surface area (Å²) in [7, 11) is 0. The number of nitrogens with zero attached hydrogens (tertiary/aromatic N) is 1. The molecule has 2 atom stereocenters. The molecule has 0 aromatic heterocycles. The molecule has 1 saturated heterocycles. The van der Waals surface area contributed by atoms with Gasteiger partial charge in [0.15, 0.2) is 0 Å². The second kappa shape index (κ2) is 8.76. The molecular formula is C16H24ClN3O2. The molecule has 6 heteroatoms. The summed E-state index contributed by atoms with van der Waals surface area (Å²) < 4.78 is 0. The van der Waals surface area contributed by atoms with Gasteiger partial charge in [0.2, 0.25) is 11.8 Å². The molecule has 1 unspecified atom stereocenters. The first-order valence-corrected chi connectivity index (χ1v) is 7.44. The Hall–Kier alpha value is -1.59. The van der Waals surface area contributed by atoms with Crippen LogP contribution in [0.3, 0.4) is 0 Å². The van der Waals surface area contributed by atoms with Crippen LogP contribution in [0.4, 0.5) is 0 Å². The van der Waals surface area contributed by atoms with Crippen molar-refractivity contribution in [2.75, 3.05) is 13.1 Å². The van der Waals surface area contributed by atoms with Crippen molar-refractivity contribution < 1.29 is 9.59 Å². The van der Waals surface area contributed by atoms with E-state index in [0.717, 1.165) is 12.8 Å². The van der Waals surface area contributed by atoms with Gasteiger partial charge in [0.05, 0.1) is 6.04 Å². The number of likely N-dealkylation sites (tertiary alicyclic amines) is 1. The summed E-state index contributed by atoms with van der Waals surface area (Å²) in [5.74, 6) is -0.00464. The maximum atomic E-state index is 12.2. The molecule has 0 aliphatic carbocycles. The van der Waals surface area contributed by atoms with Crippen LogP contribution < -0.4 is 11.1 Å². The molecular weight excluding hydrogens is 302 g/mol. The Labute approximate surface area is 137 Å². The molecule has 2 amide bonds. The summed E-state index contributed by atoms with van der Waals surface area (Å²) in [5, 5.41) is 2.88. The zero-order valence-electron chi connectivity index (χ0n) is 12.8. The van der Waals surface area contributed by atoms with Crippen LogP contribution in [0, 0.1) is 0 Å². The van der Waals surface area contributed by atoms with Crippen molar-refractivity contribution >= 4 is 24.2 Å². The van der Waals surface area contributed by atoms with Gasteiger partial charge >= 0.3 is 0 Å². The summed E-state index contributed by atoms with van der Waals surface area (Å²) in [6, 6.07) is 9.52. The fourth-order valence-electron chi connectivity index (χ4n) is 2.49. The third kappa shape index (κ3) is 5.31. The van der Waals surface area contributed by atoms with E-state index in [1.807, 2.05) is 35.2 Å². The van der Waals surface area contributed by atoms with Crippen LogP contribution in [-0.2, 0) is 16.0 Å². The van der Waals surface area contributed by atoms with E-state index in [2.05, 4.69) is 5.32 Å². The summed E-state index contributed by atoms with van der Waals surface area (Å²) >= 11 is 0. The highest BCUT2D eigenvalue weighted by atomic mass is 35.5. The fourth-order valence-corrected chi connectivity index (χ4v) is 2.49. The van der Waals surface area contributed by atoms with Crippen LogP contribution in [0.1, 0.15) is 25.3 Å². The maximum Gasteiger partial charge on any atom is 0.236 e. The van der Waals surface area contributed by atoms with Crippen molar-refractivity contribution in [2.24, 2.45) is 5.73 Å². The smallest absolute Gasteiger partial charge is 0.236 e. The lowest BCUT2D eigenvalue weighted by atomic mass is 10.1. The first kappa shape index (κ1) is 18.5. The third-order valence-electron chi connectivity index (χ3n) is 3.77. The van der Waals surface area contributed by atoms with Gasteiger partial charge in [-0.05, 0) is 25.3 Å². The van der Waals surface area contributed by atoms with Gasteiger partial charge in [-0.3, -0.25) is 9.59 Å².